The van der Waals surface area contributed by atoms with Crippen molar-refractivity contribution in [2.45, 2.75) is 58.5 Å². The zero-order valence-electron chi connectivity index (χ0n) is 10.4. The average Bonchev–Trinajstić information content (AvgIpc) is 2.25. The van der Waals surface area contributed by atoms with E-state index in [1.807, 2.05) is 6.92 Å². The molecule has 0 bridgehead atoms. The molecule has 0 saturated heterocycles. The molecule has 0 amide bonds. The quantitative estimate of drug-likeness (QED) is 0.402. The molecule has 1 unspecified atom stereocenters. The Labute approximate surface area is 102 Å². The number of hydrogen-bond acceptors (Lipinski definition) is 5. The molecule has 1 N–H and O–H groups in total. The van der Waals surface area contributed by atoms with Gasteiger partial charge in [0.15, 0.2) is 5.34 Å². The number of hydrogen-bond donors (Lipinski definition) is 1. The molecule has 0 aromatic carbocycles. The van der Waals surface area contributed by atoms with Gasteiger partial charge >= 0.3 is 5.97 Å². The molecule has 17 heavy (non-hydrogen) atoms. The summed E-state index contributed by atoms with van der Waals surface area (Å²) in [4.78, 5) is 23.5. The van der Waals surface area contributed by atoms with Gasteiger partial charge in [0.2, 0.25) is 0 Å². The van der Waals surface area contributed by atoms with Crippen molar-refractivity contribution in [1.82, 2.24) is 0 Å². The van der Waals surface area contributed by atoms with Gasteiger partial charge in [0.25, 0.3) is 0 Å². The van der Waals surface area contributed by atoms with Crippen molar-refractivity contribution in [1.29, 1.82) is 5.26 Å². The maximum Gasteiger partial charge on any atom is 0.317 e. The predicted octanol–water partition coefficient (Wildman–Crippen LogP) is 3.03. The highest BCUT2D eigenvalue weighted by Crippen LogP contribution is 2.07. The Morgan fingerprint density at radius 1 is 1.47 bits per heavy atom. The highest BCUT2D eigenvalue weighted by atomic mass is 16.7. The maximum atomic E-state index is 9.63. The van der Waals surface area contributed by atoms with Crippen LogP contribution in [0.2, 0.25) is 0 Å². The number of aliphatic carboxylic acids is 1. The summed E-state index contributed by atoms with van der Waals surface area (Å²) < 4.78 is 0. The summed E-state index contributed by atoms with van der Waals surface area (Å²) in [6, 6.07) is 1.47. The fourth-order valence-corrected chi connectivity index (χ4v) is 1.05. The zero-order valence-corrected chi connectivity index (χ0v) is 10.4. The van der Waals surface area contributed by atoms with Crippen molar-refractivity contribution in [2.75, 3.05) is 0 Å². The van der Waals surface area contributed by atoms with Crippen LogP contribution in [0.5, 0.6) is 0 Å². The summed E-state index contributed by atoms with van der Waals surface area (Å²) in [7, 11) is 0. The zero-order chi connectivity index (χ0) is 13.5. The molecule has 6 nitrogen and oxygen atoms in total. The van der Waals surface area contributed by atoms with E-state index in [1.165, 1.54) is 25.3 Å². The standard InChI is InChI=1S/C8H17NO2.C3H3NO2/c1-3-4-5-6-7-8(2)11-9-10;4-2-1-3(5)6/h8H,3-7H2,1-2H3;1H2,(H,5,6). The van der Waals surface area contributed by atoms with E-state index in [4.69, 9.17) is 10.4 Å². The minimum atomic E-state index is -1.07. The molecule has 6 heteroatoms. The van der Waals surface area contributed by atoms with Crippen LogP contribution in [0.4, 0.5) is 0 Å². The van der Waals surface area contributed by atoms with E-state index in [2.05, 4.69) is 17.1 Å². The van der Waals surface area contributed by atoms with Gasteiger partial charge in [0.1, 0.15) is 12.5 Å². The van der Waals surface area contributed by atoms with E-state index in [9.17, 15) is 9.70 Å². The van der Waals surface area contributed by atoms with Crippen LogP contribution >= 0.6 is 0 Å². The molecule has 0 fully saturated rings. The third-order valence-electron chi connectivity index (χ3n) is 1.92. The Balaban J connectivity index is 0. The van der Waals surface area contributed by atoms with Gasteiger partial charge in [-0.15, -0.1) is 4.91 Å². The van der Waals surface area contributed by atoms with Crippen LogP contribution in [0.15, 0.2) is 5.34 Å². The molecule has 0 rings (SSSR count). The lowest BCUT2D eigenvalue weighted by atomic mass is 10.1. The topological polar surface area (TPSA) is 99.8 Å². The van der Waals surface area contributed by atoms with Crippen molar-refractivity contribution in [3.63, 3.8) is 0 Å². The van der Waals surface area contributed by atoms with Gasteiger partial charge in [-0.25, -0.2) is 0 Å². The molecule has 0 aliphatic carbocycles. The third kappa shape index (κ3) is 20.4. The Morgan fingerprint density at radius 3 is 2.47 bits per heavy atom. The molecular formula is C11H20N2O4. The Morgan fingerprint density at radius 2 is 2.12 bits per heavy atom. The first-order valence-corrected chi connectivity index (χ1v) is 5.65. The smallest absolute Gasteiger partial charge is 0.317 e. The van der Waals surface area contributed by atoms with Crippen molar-refractivity contribution < 1.29 is 14.7 Å². The average molecular weight is 244 g/mol. The van der Waals surface area contributed by atoms with Crippen LogP contribution in [0.1, 0.15) is 52.4 Å². The summed E-state index contributed by atoms with van der Waals surface area (Å²) in [6.45, 7) is 4.04. The maximum absolute atomic E-state index is 9.63. The molecule has 0 saturated carbocycles. The highest BCUT2D eigenvalue weighted by molar-refractivity contribution is 5.69. The molecule has 98 valence electrons. The normalized spacial score (nSPS) is 10.4. The number of carbonyl (C=O) groups is 1. The van der Waals surface area contributed by atoms with Gasteiger partial charge in [0, 0.05) is 0 Å². The second-order valence-corrected chi connectivity index (χ2v) is 3.57. The predicted molar refractivity (Wildman–Crippen MR) is 63.0 cm³/mol. The van der Waals surface area contributed by atoms with E-state index in [0.717, 1.165) is 12.8 Å². The minimum Gasteiger partial charge on any atom is -0.480 e. The molecule has 0 radical (unpaired) electrons. The summed E-state index contributed by atoms with van der Waals surface area (Å²) in [5.41, 5.74) is 0. The highest BCUT2D eigenvalue weighted by Gasteiger charge is 2.00. The molecule has 0 aromatic heterocycles. The number of unbranched alkanes of at least 4 members (excludes halogenated alkanes) is 3. The first-order chi connectivity index (χ1) is 8.08. The first kappa shape index (κ1) is 17.7. The molecule has 0 aromatic rings. The van der Waals surface area contributed by atoms with Crippen LogP contribution in [0.3, 0.4) is 0 Å². The molecular weight excluding hydrogens is 224 g/mol. The van der Waals surface area contributed by atoms with E-state index in [0.29, 0.717) is 0 Å². The number of carboxylic acids is 1. The lowest BCUT2D eigenvalue weighted by molar-refractivity contribution is -0.135. The van der Waals surface area contributed by atoms with Crippen molar-refractivity contribution >= 4 is 5.97 Å². The number of nitrogens with zero attached hydrogens (tertiary/aromatic N) is 2. The van der Waals surface area contributed by atoms with Gasteiger partial charge in [-0.2, -0.15) is 5.26 Å². The number of carboxylic acid groups (broad SMARTS) is 1. The lowest BCUT2D eigenvalue weighted by Crippen LogP contribution is -2.02. The summed E-state index contributed by atoms with van der Waals surface area (Å²) in [5, 5.41) is 17.7. The number of rotatable bonds is 8. The molecule has 0 aliphatic rings. The lowest BCUT2D eigenvalue weighted by Gasteiger charge is -2.05. The second kappa shape index (κ2) is 14.4. The SMILES string of the molecule is CCCCCCC(C)ON=O.N#CCC(=O)O. The van der Waals surface area contributed by atoms with Gasteiger partial charge in [0.05, 0.1) is 6.07 Å². The molecule has 0 heterocycles. The molecule has 0 spiro atoms. The van der Waals surface area contributed by atoms with Crippen molar-refractivity contribution in [2.24, 2.45) is 5.34 Å². The van der Waals surface area contributed by atoms with Crippen LogP contribution < -0.4 is 0 Å². The van der Waals surface area contributed by atoms with E-state index in [-0.39, 0.29) is 6.10 Å². The Bertz CT molecular complexity index is 238. The Hall–Kier alpha value is -1.64. The largest absolute Gasteiger partial charge is 0.480 e. The van der Waals surface area contributed by atoms with Gasteiger partial charge < -0.3 is 9.94 Å². The summed E-state index contributed by atoms with van der Waals surface area (Å²) in [6.07, 6.45) is 5.38. The fraction of sp³-hybridized carbons (Fsp3) is 0.818. The first-order valence-electron chi connectivity index (χ1n) is 5.65. The molecule has 0 aliphatic heterocycles. The second-order valence-electron chi connectivity index (χ2n) is 3.57. The minimum absolute atomic E-state index is 0.00986. The van der Waals surface area contributed by atoms with Crippen LogP contribution in [0, 0.1) is 16.2 Å². The van der Waals surface area contributed by atoms with Crippen LogP contribution in [0.25, 0.3) is 0 Å². The summed E-state index contributed by atoms with van der Waals surface area (Å²) in [5.74, 6) is -1.07. The van der Waals surface area contributed by atoms with E-state index < -0.39 is 12.4 Å². The van der Waals surface area contributed by atoms with Gasteiger partial charge in [-0.1, -0.05) is 26.2 Å². The fourth-order valence-electron chi connectivity index (χ4n) is 1.05. The Kier molecular flexibility index (Phi) is 15.0. The summed E-state index contributed by atoms with van der Waals surface area (Å²) >= 11 is 0. The number of nitriles is 1. The van der Waals surface area contributed by atoms with Crippen LogP contribution in [-0.2, 0) is 9.63 Å². The van der Waals surface area contributed by atoms with E-state index >= 15 is 0 Å². The van der Waals surface area contributed by atoms with Gasteiger partial charge in [-0.3, -0.25) is 4.79 Å². The van der Waals surface area contributed by atoms with Gasteiger partial charge in [-0.05, 0) is 19.8 Å². The molecule has 1 atom stereocenters. The third-order valence-corrected chi connectivity index (χ3v) is 1.92. The van der Waals surface area contributed by atoms with Crippen molar-refractivity contribution in [3.8, 4) is 6.07 Å². The van der Waals surface area contributed by atoms with E-state index in [1.54, 1.807) is 0 Å². The monoisotopic (exact) mass is 244 g/mol. The van der Waals surface area contributed by atoms with Crippen LogP contribution in [-0.4, -0.2) is 17.2 Å². The van der Waals surface area contributed by atoms with Crippen molar-refractivity contribution in [3.05, 3.63) is 4.91 Å².